The van der Waals surface area contributed by atoms with Gasteiger partial charge >= 0.3 is 0 Å². The van der Waals surface area contributed by atoms with E-state index in [1.807, 2.05) is 6.07 Å². The molecule has 1 unspecified atom stereocenters. The van der Waals surface area contributed by atoms with Crippen molar-refractivity contribution >= 4 is 0 Å². The number of nitrogens with one attached hydrogen (secondary N) is 1. The van der Waals surface area contributed by atoms with Gasteiger partial charge in [0, 0.05) is 6.04 Å². The van der Waals surface area contributed by atoms with E-state index in [9.17, 15) is 0 Å². The van der Waals surface area contributed by atoms with Crippen molar-refractivity contribution in [1.29, 1.82) is 0 Å². The molecule has 1 aliphatic rings. The Morgan fingerprint density at radius 2 is 2.05 bits per heavy atom. The molecule has 0 amide bonds. The standard InChI is InChI=1S/C16H26N2O/c1-13(7-8-17)18-11-15-9-16(10-15)19-12-14-5-3-2-4-6-14/h2-6,13,15-16,18H,7-12,17H2,1H3. The molecule has 106 valence electrons. The lowest BCUT2D eigenvalue weighted by Gasteiger charge is -2.36. The highest BCUT2D eigenvalue weighted by Gasteiger charge is 2.29. The zero-order chi connectivity index (χ0) is 13.5. The highest BCUT2D eigenvalue weighted by molar-refractivity contribution is 5.13. The molecule has 1 aliphatic carbocycles. The lowest BCUT2D eigenvalue weighted by molar-refractivity contribution is -0.0399. The molecule has 0 aromatic heterocycles. The Bertz CT molecular complexity index is 349. The van der Waals surface area contributed by atoms with Crippen LogP contribution in [0.3, 0.4) is 0 Å². The molecule has 3 nitrogen and oxygen atoms in total. The third kappa shape index (κ3) is 4.94. The Labute approximate surface area is 116 Å². The van der Waals surface area contributed by atoms with Crippen molar-refractivity contribution in [3.63, 3.8) is 0 Å². The van der Waals surface area contributed by atoms with Gasteiger partial charge in [0.05, 0.1) is 12.7 Å². The molecule has 1 atom stereocenters. The van der Waals surface area contributed by atoms with Gasteiger partial charge in [-0.3, -0.25) is 0 Å². The van der Waals surface area contributed by atoms with Crippen molar-refractivity contribution in [3.05, 3.63) is 35.9 Å². The van der Waals surface area contributed by atoms with Crippen molar-refractivity contribution < 1.29 is 4.74 Å². The van der Waals surface area contributed by atoms with E-state index in [-0.39, 0.29) is 0 Å². The predicted octanol–water partition coefficient (Wildman–Crippen LogP) is 2.31. The highest BCUT2D eigenvalue weighted by Crippen LogP contribution is 2.30. The molecule has 0 aliphatic heterocycles. The Balaban J connectivity index is 1.54. The highest BCUT2D eigenvalue weighted by atomic mass is 16.5. The molecule has 0 radical (unpaired) electrons. The van der Waals surface area contributed by atoms with Crippen LogP contribution >= 0.6 is 0 Å². The number of hydrogen-bond acceptors (Lipinski definition) is 3. The summed E-state index contributed by atoms with van der Waals surface area (Å²) in [6.07, 6.45) is 3.89. The Morgan fingerprint density at radius 3 is 2.74 bits per heavy atom. The largest absolute Gasteiger partial charge is 0.374 e. The number of hydrogen-bond donors (Lipinski definition) is 2. The van der Waals surface area contributed by atoms with Crippen molar-refractivity contribution in [2.45, 2.75) is 44.9 Å². The zero-order valence-electron chi connectivity index (χ0n) is 11.8. The molecule has 0 saturated heterocycles. The van der Waals surface area contributed by atoms with Gasteiger partial charge in [-0.05, 0) is 50.8 Å². The molecule has 0 bridgehead atoms. The molecule has 1 saturated carbocycles. The van der Waals surface area contributed by atoms with Gasteiger partial charge in [-0.2, -0.15) is 0 Å². The van der Waals surface area contributed by atoms with Crippen LogP contribution in [-0.4, -0.2) is 25.2 Å². The molecular formula is C16H26N2O. The molecule has 2 rings (SSSR count). The lowest BCUT2D eigenvalue weighted by atomic mass is 9.82. The second kappa shape index (κ2) is 7.63. The van der Waals surface area contributed by atoms with E-state index in [1.165, 1.54) is 18.4 Å². The second-order valence-electron chi connectivity index (χ2n) is 5.64. The van der Waals surface area contributed by atoms with Crippen LogP contribution in [0, 0.1) is 5.92 Å². The average molecular weight is 262 g/mol. The third-order valence-electron chi connectivity index (χ3n) is 3.88. The number of rotatable bonds is 8. The molecule has 1 fully saturated rings. The van der Waals surface area contributed by atoms with Gasteiger partial charge in [0.2, 0.25) is 0 Å². The summed E-state index contributed by atoms with van der Waals surface area (Å²) in [7, 11) is 0. The van der Waals surface area contributed by atoms with Gasteiger partial charge in [0.1, 0.15) is 0 Å². The third-order valence-corrected chi connectivity index (χ3v) is 3.88. The fourth-order valence-electron chi connectivity index (χ4n) is 2.49. The van der Waals surface area contributed by atoms with Crippen LogP contribution in [0.1, 0.15) is 31.7 Å². The van der Waals surface area contributed by atoms with Gasteiger partial charge in [0.15, 0.2) is 0 Å². The Morgan fingerprint density at radius 1 is 1.32 bits per heavy atom. The first-order valence-electron chi connectivity index (χ1n) is 7.37. The normalized spacial score (nSPS) is 23.9. The molecular weight excluding hydrogens is 236 g/mol. The fraction of sp³-hybridized carbons (Fsp3) is 0.625. The first kappa shape index (κ1) is 14.5. The van der Waals surface area contributed by atoms with Crippen molar-refractivity contribution in [1.82, 2.24) is 5.32 Å². The smallest absolute Gasteiger partial charge is 0.0720 e. The quantitative estimate of drug-likeness (QED) is 0.756. The van der Waals surface area contributed by atoms with Crippen LogP contribution in [-0.2, 0) is 11.3 Å². The summed E-state index contributed by atoms with van der Waals surface area (Å²) >= 11 is 0. The van der Waals surface area contributed by atoms with Gasteiger partial charge in [-0.25, -0.2) is 0 Å². The maximum Gasteiger partial charge on any atom is 0.0720 e. The fourth-order valence-corrected chi connectivity index (χ4v) is 2.49. The predicted molar refractivity (Wildman–Crippen MR) is 78.9 cm³/mol. The Kier molecular flexibility index (Phi) is 5.83. The maximum absolute atomic E-state index is 5.90. The van der Waals surface area contributed by atoms with Crippen LogP contribution in [0.15, 0.2) is 30.3 Å². The number of ether oxygens (including phenoxy) is 1. The molecule has 0 spiro atoms. The topological polar surface area (TPSA) is 47.3 Å². The van der Waals surface area contributed by atoms with E-state index >= 15 is 0 Å². The summed E-state index contributed by atoms with van der Waals surface area (Å²) in [4.78, 5) is 0. The molecule has 19 heavy (non-hydrogen) atoms. The van der Waals surface area contributed by atoms with E-state index in [2.05, 4.69) is 36.5 Å². The molecule has 3 N–H and O–H groups in total. The SMILES string of the molecule is CC(CCN)NCC1CC(OCc2ccccc2)C1. The summed E-state index contributed by atoms with van der Waals surface area (Å²) in [5.74, 6) is 0.779. The van der Waals surface area contributed by atoms with E-state index < -0.39 is 0 Å². The minimum atomic E-state index is 0.455. The van der Waals surface area contributed by atoms with Gasteiger partial charge in [-0.1, -0.05) is 30.3 Å². The Hall–Kier alpha value is -0.900. The summed E-state index contributed by atoms with van der Waals surface area (Å²) in [5, 5.41) is 3.54. The van der Waals surface area contributed by atoms with E-state index in [0.29, 0.717) is 12.1 Å². The zero-order valence-corrected chi connectivity index (χ0v) is 11.8. The number of nitrogens with two attached hydrogens (primary N) is 1. The first-order chi connectivity index (χ1) is 9.28. The van der Waals surface area contributed by atoms with Crippen LogP contribution in [0.5, 0.6) is 0 Å². The monoisotopic (exact) mass is 262 g/mol. The molecule has 0 heterocycles. The summed E-state index contributed by atoms with van der Waals surface area (Å²) in [6, 6.07) is 10.9. The van der Waals surface area contributed by atoms with Crippen LogP contribution in [0.4, 0.5) is 0 Å². The summed E-state index contributed by atoms with van der Waals surface area (Å²) in [5.41, 5.74) is 6.80. The van der Waals surface area contributed by atoms with Crippen molar-refractivity contribution in [3.8, 4) is 0 Å². The van der Waals surface area contributed by atoms with Crippen LogP contribution in [0.2, 0.25) is 0 Å². The van der Waals surface area contributed by atoms with E-state index in [4.69, 9.17) is 10.5 Å². The average Bonchev–Trinajstić information content (AvgIpc) is 2.38. The number of benzene rings is 1. The van der Waals surface area contributed by atoms with Crippen molar-refractivity contribution in [2.75, 3.05) is 13.1 Å². The van der Waals surface area contributed by atoms with Crippen LogP contribution < -0.4 is 11.1 Å². The van der Waals surface area contributed by atoms with E-state index in [0.717, 1.165) is 32.0 Å². The first-order valence-corrected chi connectivity index (χ1v) is 7.37. The molecule has 1 aromatic carbocycles. The van der Waals surface area contributed by atoms with Gasteiger partial charge in [0.25, 0.3) is 0 Å². The van der Waals surface area contributed by atoms with Gasteiger partial charge < -0.3 is 15.8 Å². The van der Waals surface area contributed by atoms with Gasteiger partial charge in [-0.15, -0.1) is 0 Å². The summed E-state index contributed by atoms with van der Waals surface area (Å²) < 4.78 is 5.90. The van der Waals surface area contributed by atoms with Crippen molar-refractivity contribution in [2.24, 2.45) is 11.7 Å². The second-order valence-corrected chi connectivity index (χ2v) is 5.64. The molecule has 1 aromatic rings. The molecule has 3 heteroatoms. The maximum atomic E-state index is 5.90. The van der Waals surface area contributed by atoms with Crippen LogP contribution in [0.25, 0.3) is 0 Å². The lowest BCUT2D eigenvalue weighted by Crippen LogP contribution is -2.40. The minimum absolute atomic E-state index is 0.455. The summed E-state index contributed by atoms with van der Waals surface area (Å²) in [6.45, 7) is 4.82. The van der Waals surface area contributed by atoms with E-state index in [1.54, 1.807) is 0 Å². The minimum Gasteiger partial charge on any atom is -0.374 e.